The lowest BCUT2D eigenvalue weighted by molar-refractivity contribution is 0.238. The number of aliphatic hydroxyl groups is 1. The fraction of sp³-hybridized carbons (Fsp3) is 0.556. The first-order valence-electron chi connectivity index (χ1n) is 4.64. The Morgan fingerprint density at radius 1 is 1.50 bits per heavy atom. The Labute approximate surface area is 87.5 Å². The summed E-state index contributed by atoms with van der Waals surface area (Å²) in [6.45, 7) is 2.03. The van der Waals surface area contributed by atoms with Crippen LogP contribution in [0.25, 0.3) is 0 Å². The Morgan fingerprint density at radius 3 is 2.93 bits per heavy atom. The highest BCUT2D eigenvalue weighted by Gasteiger charge is 2.22. The second kappa shape index (κ2) is 4.11. The van der Waals surface area contributed by atoms with E-state index in [0.29, 0.717) is 11.1 Å². The van der Waals surface area contributed by atoms with Crippen LogP contribution in [-0.4, -0.2) is 35.0 Å². The maximum absolute atomic E-state index is 8.99. The molecule has 0 aromatic carbocycles. The van der Waals surface area contributed by atoms with Gasteiger partial charge in [-0.25, -0.2) is 0 Å². The Bertz CT molecular complexity index is 303. The van der Waals surface area contributed by atoms with Gasteiger partial charge in [-0.05, 0) is 18.6 Å². The lowest BCUT2D eigenvalue weighted by Crippen LogP contribution is -2.21. The average molecular weight is 214 g/mol. The summed E-state index contributed by atoms with van der Waals surface area (Å²) in [6, 6.07) is 3.59. The second-order valence-electron chi connectivity index (χ2n) is 3.50. The molecule has 0 radical (unpaired) electrons. The van der Waals surface area contributed by atoms with E-state index in [1.54, 1.807) is 6.07 Å². The summed E-state index contributed by atoms with van der Waals surface area (Å²) in [7, 11) is 0. The normalized spacial score (nSPS) is 21.6. The fourth-order valence-electron chi connectivity index (χ4n) is 1.67. The van der Waals surface area contributed by atoms with Crippen molar-refractivity contribution in [1.82, 2.24) is 10.2 Å². The van der Waals surface area contributed by atoms with Gasteiger partial charge >= 0.3 is 0 Å². The van der Waals surface area contributed by atoms with Crippen LogP contribution in [0.5, 0.6) is 0 Å². The second-order valence-corrected chi connectivity index (χ2v) is 3.88. The maximum atomic E-state index is 8.99. The summed E-state index contributed by atoms with van der Waals surface area (Å²) < 4.78 is 0. The standard InChI is InChI=1S/C9H12ClN3O/c10-8-1-2-9(12-11-8)13-4-3-7(5-13)6-14/h1-2,7,14H,3-6H2. The molecule has 1 aliphatic heterocycles. The number of aromatic nitrogens is 2. The van der Waals surface area contributed by atoms with E-state index < -0.39 is 0 Å². The molecule has 1 fully saturated rings. The summed E-state index contributed by atoms with van der Waals surface area (Å²) in [5, 5.41) is 17.2. The van der Waals surface area contributed by atoms with Crippen molar-refractivity contribution in [3.8, 4) is 0 Å². The van der Waals surface area contributed by atoms with Crippen LogP contribution in [0.3, 0.4) is 0 Å². The molecule has 1 atom stereocenters. The Balaban J connectivity index is 2.06. The van der Waals surface area contributed by atoms with E-state index in [2.05, 4.69) is 15.1 Å². The molecule has 0 bridgehead atoms. The van der Waals surface area contributed by atoms with E-state index in [9.17, 15) is 0 Å². The van der Waals surface area contributed by atoms with Crippen LogP contribution in [0.4, 0.5) is 5.82 Å². The van der Waals surface area contributed by atoms with E-state index in [1.807, 2.05) is 6.07 Å². The fourth-order valence-corrected chi connectivity index (χ4v) is 1.77. The predicted octanol–water partition coefficient (Wildman–Crippen LogP) is 0.949. The highest BCUT2D eigenvalue weighted by molar-refractivity contribution is 6.29. The lowest BCUT2D eigenvalue weighted by atomic mass is 10.1. The minimum atomic E-state index is 0.248. The zero-order chi connectivity index (χ0) is 9.97. The van der Waals surface area contributed by atoms with Gasteiger partial charge in [-0.2, -0.15) is 0 Å². The molecular formula is C9H12ClN3O. The molecule has 4 nitrogen and oxygen atoms in total. The molecule has 0 saturated carbocycles. The molecule has 14 heavy (non-hydrogen) atoms. The van der Waals surface area contributed by atoms with Gasteiger partial charge in [0.25, 0.3) is 0 Å². The average Bonchev–Trinajstić information content (AvgIpc) is 2.67. The number of nitrogens with zero attached hydrogens (tertiary/aromatic N) is 3. The van der Waals surface area contributed by atoms with Crippen LogP contribution in [-0.2, 0) is 0 Å². The van der Waals surface area contributed by atoms with E-state index >= 15 is 0 Å². The molecule has 1 N–H and O–H groups in total. The van der Waals surface area contributed by atoms with Gasteiger partial charge in [-0.1, -0.05) is 11.6 Å². The number of aliphatic hydroxyl groups excluding tert-OH is 1. The Morgan fingerprint density at radius 2 is 2.36 bits per heavy atom. The summed E-state index contributed by atoms with van der Waals surface area (Å²) in [6.07, 6.45) is 1.01. The quantitative estimate of drug-likeness (QED) is 0.795. The third-order valence-corrected chi connectivity index (χ3v) is 2.69. The molecule has 1 aromatic heterocycles. The van der Waals surface area contributed by atoms with Gasteiger partial charge < -0.3 is 10.0 Å². The van der Waals surface area contributed by atoms with Crippen LogP contribution in [0.15, 0.2) is 12.1 Å². The van der Waals surface area contributed by atoms with Crippen molar-refractivity contribution in [2.75, 3.05) is 24.6 Å². The minimum Gasteiger partial charge on any atom is -0.396 e. The van der Waals surface area contributed by atoms with Gasteiger partial charge in [0.05, 0.1) is 0 Å². The third kappa shape index (κ3) is 1.96. The Hall–Kier alpha value is -0.870. The summed E-state index contributed by atoms with van der Waals surface area (Å²) in [5.74, 6) is 1.21. The molecule has 5 heteroatoms. The van der Waals surface area contributed by atoms with Gasteiger partial charge in [-0.3, -0.25) is 0 Å². The highest BCUT2D eigenvalue weighted by Crippen LogP contribution is 2.21. The summed E-state index contributed by atoms with van der Waals surface area (Å²) in [4.78, 5) is 2.12. The van der Waals surface area contributed by atoms with Gasteiger partial charge in [0.1, 0.15) is 0 Å². The van der Waals surface area contributed by atoms with Crippen LogP contribution in [0.2, 0.25) is 5.15 Å². The predicted molar refractivity (Wildman–Crippen MR) is 54.4 cm³/mol. The van der Waals surface area contributed by atoms with E-state index in [1.165, 1.54) is 0 Å². The van der Waals surface area contributed by atoms with Crippen molar-refractivity contribution in [2.24, 2.45) is 5.92 Å². The van der Waals surface area contributed by atoms with Crippen molar-refractivity contribution in [2.45, 2.75) is 6.42 Å². The summed E-state index contributed by atoms with van der Waals surface area (Å²) in [5.41, 5.74) is 0. The van der Waals surface area contributed by atoms with Crippen molar-refractivity contribution in [3.63, 3.8) is 0 Å². The SMILES string of the molecule is OCC1CCN(c2ccc(Cl)nn2)C1. The van der Waals surface area contributed by atoms with E-state index in [0.717, 1.165) is 25.3 Å². The maximum Gasteiger partial charge on any atom is 0.151 e. The van der Waals surface area contributed by atoms with Crippen molar-refractivity contribution in [1.29, 1.82) is 0 Å². The number of hydrogen-bond donors (Lipinski definition) is 1. The summed E-state index contributed by atoms with van der Waals surface area (Å²) >= 11 is 5.64. The first-order chi connectivity index (χ1) is 6.79. The van der Waals surface area contributed by atoms with Crippen molar-refractivity contribution < 1.29 is 5.11 Å². The first-order valence-corrected chi connectivity index (χ1v) is 5.02. The zero-order valence-electron chi connectivity index (χ0n) is 7.73. The largest absolute Gasteiger partial charge is 0.396 e. The Kier molecular flexibility index (Phi) is 2.84. The number of halogens is 1. The molecule has 76 valence electrons. The molecule has 1 aromatic rings. The third-order valence-electron chi connectivity index (χ3n) is 2.49. The smallest absolute Gasteiger partial charge is 0.151 e. The molecule has 0 spiro atoms. The number of rotatable bonds is 2. The van der Waals surface area contributed by atoms with Crippen LogP contribution in [0.1, 0.15) is 6.42 Å². The molecule has 1 saturated heterocycles. The van der Waals surface area contributed by atoms with Crippen LogP contribution in [0, 0.1) is 5.92 Å². The van der Waals surface area contributed by atoms with E-state index in [4.69, 9.17) is 16.7 Å². The lowest BCUT2D eigenvalue weighted by Gasteiger charge is -2.15. The van der Waals surface area contributed by atoms with Crippen molar-refractivity contribution in [3.05, 3.63) is 17.3 Å². The van der Waals surface area contributed by atoms with Crippen LogP contribution < -0.4 is 4.90 Å². The molecule has 0 aliphatic carbocycles. The molecule has 2 heterocycles. The molecule has 0 amide bonds. The molecular weight excluding hydrogens is 202 g/mol. The van der Waals surface area contributed by atoms with Gasteiger partial charge in [-0.15, -0.1) is 10.2 Å². The number of hydrogen-bond acceptors (Lipinski definition) is 4. The first kappa shape index (κ1) is 9.68. The molecule has 2 rings (SSSR count). The zero-order valence-corrected chi connectivity index (χ0v) is 8.48. The van der Waals surface area contributed by atoms with Crippen molar-refractivity contribution >= 4 is 17.4 Å². The molecule has 1 aliphatic rings. The molecule has 1 unspecified atom stereocenters. The number of anilines is 1. The van der Waals surface area contributed by atoms with Gasteiger partial charge in [0, 0.05) is 25.6 Å². The monoisotopic (exact) mass is 213 g/mol. The van der Waals surface area contributed by atoms with Gasteiger partial charge in [0.15, 0.2) is 11.0 Å². The van der Waals surface area contributed by atoms with E-state index in [-0.39, 0.29) is 6.61 Å². The highest BCUT2D eigenvalue weighted by atomic mass is 35.5. The van der Waals surface area contributed by atoms with Crippen LogP contribution >= 0.6 is 11.6 Å². The van der Waals surface area contributed by atoms with Gasteiger partial charge in [0.2, 0.25) is 0 Å². The minimum absolute atomic E-state index is 0.248. The topological polar surface area (TPSA) is 49.2 Å².